The summed E-state index contributed by atoms with van der Waals surface area (Å²) in [4.78, 5) is 13.5. The fourth-order valence-corrected chi connectivity index (χ4v) is 5.50. The molecule has 0 atom stereocenters. The molecule has 10 nitrogen and oxygen atoms in total. The van der Waals surface area contributed by atoms with Crippen molar-refractivity contribution in [1.82, 2.24) is 30.8 Å². The van der Waals surface area contributed by atoms with Crippen LogP contribution in [0.4, 0.5) is 17.6 Å². The lowest BCUT2D eigenvalue weighted by Crippen LogP contribution is -2.52. The second-order valence-electron chi connectivity index (χ2n) is 10.7. The van der Waals surface area contributed by atoms with E-state index in [9.17, 15) is 0 Å². The van der Waals surface area contributed by atoms with E-state index in [4.69, 9.17) is 27.7 Å². The first-order valence-corrected chi connectivity index (χ1v) is 15.2. The third-order valence-corrected chi connectivity index (χ3v) is 7.98. The number of piperazine rings is 1. The largest absolute Gasteiger partial charge is 0.383 e. The Labute approximate surface area is 244 Å². The minimum atomic E-state index is 0.460. The molecule has 1 aromatic carbocycles. The van der Waals surface area contributed by atoms with Gasteiger partial charge in [0.15, 0.2) is 5.11 Å². The molecule has 0 spiro atoms. The van der Waals surface area contributed by atoms with Crippen molar-refractivity contribution in [2.45, 2.75) is 57.7 Å². The maximum atomic E-state index is 6.13. The zero-order valence-corrected chi connectivity index (χ0v) is 24.8. The molecule has 2 fully saturated rings. The smallest absolute Gasteiger partial charge is 0.226 e. The van der Waals surface area contributed by atoms with E-state index in [1.165, 1.54) is 43.2 Å². The molecule has 0 amide bonds. The summed E-state index contributed by atoms with van der Waals surface area (Å²) < 4.78 is 5.08. The summed E-state index contributed by atoms with van der Waals surface area (Å²) in [6.45, 7) is 8.29. The number of nitrogens with one attached hydrogen (secondary N) is 4. The van der Waals surface area contributed by atoms with E-state index in [-0.39, 0.29) is 0 Å². The number of benzene rings is 1. The first-order chi connectivity index (χ1) is 19.6. The predicted octanol–water partition coefficient (Wildman–Crippen LogP) is 2.72. The van der Waals surface area contributed by atoms with Gasteiger partial charge < -0.3 is 41.5 Å². The van der Waals surface area contributed by atoms with Gasteiger partial charge in [0.05, 0.1) is 6.61 Å². The van der Waals surface area contributed by atoms with Crippen LogP contribution in [0.15, 0.2) is 30.3 Å². The number of anilines is 3. The van der Waals surface area contributed by atoms with Crippen molar-refractivity contribution in [3.05, 3.63) is 41.5 Å². The normalized spacial score (nSPS) is 16.2. The lowest BCUT2D eigenvalue weighted by molar-refractivity contribution is 0.202. The summed E-state index contributed by atoms with van der Waals surface area (Å²) >= 11 is 5.51. The van der Waals surface area contributed by atoms with Gasteiger partial charge in [-0.25, -0.2) is 0 Å². The second-order valence-corrected chi connectivity index (χ2v) is 11.0. The highest BCUT2D eigenvalue weighted by Crippen LogP contribution is 2.19. The van der Waals surface area contributed by atoms with Gasteiger partial charge in [-0.05, 0) is 55.7 Å². The molecule has 0 bridgehead atoms. The van der Waals surface area contributed by atoms with Crippen LogP contribution in [-0.2, 0) is 17.8 Å². The fraction of sp³-hybridized carbons (Fsp3) is 0.621. The summed E-state index contributed by atoms with van der Waals surface area (Å²) in [5, 5.41) is 14.6. The molecule has 1 aliphatic carbocycles. The Morgan fingerprint density at radius 3 is 2.42 bits per heavy atom. The first kappa shape index (κ1) is 30.2. The van der Waals surface area contributed by atoms with Gasteiger partial charge in [-0.1, -0.05) is 43.5 Å². The van der Waals surface area contributed by atoms with Crippen molar-refractivity contribution in [2.24, 2.45) is 0 Å². The Balaban J connectivity index is 1.16. The van der Waals surface area contributed by atoms with Crippen molar-refractivity contribution in [3.8, 4) is 0 Å². The summed E-state index contributed by atoms with van der Waals surface area (Å²) in [5.74, 6) is 1.84. The predicted molar refractivity (Wildman–Crippen MR) is 168 cm³/mol. The van der Waals surface area contributed by atoms with Gasteiger partial charge in [0, 0.05) is 65.0 Å². The molecule has 6 N–H and O–H groups in total. The van der Waals surface area contributed by atoms with Crippen LogP contribution in [0, 0.1) is 0 Å². The van der Waals surface area contributed by atoms with Gasteiger partial charge >= 0.3 is 0 Å². The van der Waals surface area contributed by atoms with E-state index in [2.05, 4.69) is 60.3 Å². The Morgan fingerprint density at radius 1 is 0.975 bits per heavy atom. The van der Waals surface area contributed by atoms with Crippen LogP contribution in [0.5, 0.6) is 0 Å². The number of aromatic nitrogens is 2. The number of hydrogen-bond acceptors (Lipinski definition) is 9. The Hall–Kier alpha value is -2.73. The third kappa shape index (κ3) is 10.0. The minimum absolute atomic E-state index is 0.460. The van der Waals surface area contributed by atoms with Crippen LogP contribution in [0.1, 0.15) is 49.7 Å². The number of nitrogens with two attached hydrogens (primary N) is 1. The standard InChI is InChI=1S/C29H47N9OS/c1-39-19-14-33-29(40)38-17-15-37(16-18-38)27-20-26(30)35-28(36-27)34-22-24-10-8-23(9-11-24)21-31-12-5-13-32-25-6-3-2-4-7-25/h8-11,20,25,31-32H,2-7,12-19,21-22H2,1H3,(H,33,40)(H3,30,34,35,36). The Bertz CT molecular complexity index is 1020. The van der Waals surface area contributed by atoms with Crippen LogP contribution < -0.4 is 31.9 Å². The lowest BCUT2D eigenvalue weighted by atomic mass is 9.95. The molecule has 0 unspecified atom stereocenters. The minimum Gasteiger partial charge on any atom is -0.383 e. The maximum Gasteiger partial charge on any atom is 0.226 e. The number of nitrogens with zero attached hydrogens (tertiary/aromatic N) is 4. The van der Waals surface area contributed by atoms with E-state index in [1.807, 2.05) is 6.07 Å². The van der Waals surface area contributed by atoms with E-state index >= 15 is 0 Å². The maximum absolute atomic E-state index is 6.13. The summed E-state index contributed by atoms with van der Waals surface area (Å²) in [5.41, 5.74) is 8.60. The van der Waals surface area contributed by atoms with Crippen molar-refractivity contribution < 1.29 is 4.74 Å². The topological polar surface area (TPSA) is 116 Å². The molecule has 40 heavy (non-hydrogen) atoms. The third-order valence-electron chi connectivity index (χ3n) is 7.58. The molecular formula is C29H47N9OS. The summed E-state index contributed by atoms with van der Waals surface area (Å²) in [6.07, 6.45) is 8.04. The highest BCUT2D eigenvalue weighted by molar-refractivity contribution is 7.80. The Kier molecular flexibility index (Phi) is 12.5. The molecule has 1 aromatic heterocycles. The SMILES string of the molecule is COCCNC(=S)N1CCN(c2cc(N)nc(NCc3ccc(CNCCCNC4CCCCC4)cc3)n2)CC1. The molecule has 0 radical (unpaired) electrons. The summed E-state index contributed by atoms with van der Waals surface area (Å²) in [6, 6.07) is 11.3. The number of hydrogen-bond donors (Lipinski definition) is 5. The number of ether oxygens (including phenoxy) is 1. The van der Waals surface area contributed by atoms with Crippen LogP contribution in [-0.4, -0.2) is 85.6 Å². The average molecular weight is 570 g/mol. The van der Waals surface area contributed by atoms with E-state index in [1.54, 1.807) is 7.11 Å². The molecule has 2 aliphatic rings. The second kappa shape index (κ2) is 16.5. The number of thiocarbonyl (C=S) groups is 1. The van der Waals surface area contributed by atoms with Crippen molar-refractivity contribution in [1.29, 1.82) is 0 Å². The molecule has 2 aromatic rings. The zero-order chi connectivity index (χ0) is 28.0. The van der Waals surface area contributed by atoms with E-state index in [0.29, 0.717) is 31.5 Å². The van der Waals surface area contributed by atoms with Crippen molar-refractivity contribution >= 4 is 34.9 Å². The molecule has 4 rings (SSSR count). The lowest BCUT2D eigenvalue weighted by Gasteiger charge is -2.36. The van der Waals surface area contributed by atoms with Crippen molar-refractivity contribution in [2.75, 3.05) is 75.5 Å². The van der Waals surface area contributed by atoms with Gasteiger partial charge in [-0.2, -0.15) is 9.97 Å². The van der Waals surface area contributed by atoms with Crippen LogP contribution in [0.25, 0.3) is 0 Å². The molecule has 11 heteroatoms. The molecule has 1 saturated heterocycles. The van der Waals surface area contributed by atoms with Gasteiger partial charge in [0.1, 0.15) is 11.6 Å². The van der Waals surface area contributed by atoms with Crippen LogP contribution >= 0.6 is 12.2 Å². The molecule has 1 saturated carbocycles. The fourth-order valence-electron chi connectivity index (χ4n) is 5.22. The molecular weight excluding hydrogens is 522 g/mol. The average Bonchev–Trinajstić information content (AvgIpc) is 2.99. The van der Waals surface area contributed by atoms with Gasteiger partial charge in [-0.15, -0.1) is 0 Å². The van der Waals surface area contributed by atoms with Gasteiger partial charge in [-0.3, -0.25) is 0 Å². The monoisotopic (exact) mass is 569 g/mol. The van der Waals surface area contributed by atoms with Crippen molar-refractivity contribution in [3.63, 3.8) is 0 Å². The van der Waals surface area contributed by atoms with Gasteiger partial charge in [0.25, 0.3) is 0 Å². The summed E-state index contributed by atoms with van der Waals surface area (Å²) in [7, 11) is 1.69. The zero-order valence-electron chi connectivity index (χ0n) is 24.0. The highest BCUT2D eigenvalue weighted by Gasteiger charge is 2.20. The van der Waals surface area contributed by atoms with Gasteiger partial charge in [0.2, 0.25) is 5.95 Å². The number of nitrogen functional groups attached to an aromatic ring is 1. The number of rotatable bonds is 14. The van der Waals surface area contributed by atoms with E-state index in [0.717, 1.165) is 69.2 Å². The number of methoxy groups -OCH3 is 1. The van der Waals surface area contributed by atoms with Crippen LogP contribution in [0.3, 0.4) is 0 Å². The molecule has 1 aliphatic heterocycles. The van der Waals surface area contributed by atoms with Crippen LogP contribution in [0.2, 0.25) is 0 Å². The highest BCUT2D eigenvalue weighted by atomic mass is 32.1. The van der Waals surface area contributed by atoms with E-state index < -0.39 is 0 Å². The quantitative estimate of drug-likeness (QED) is 0.171. The molecule has 220 valence electrons. The Morgan fingerprint density at radius 2 is 1.70 bits per heavy atom. The molecule has 2 heterocycles. The first-order valence-electron chi connectivity index (χ1n) is 14.8.